The molecule has 0 unspecified atom stereocenters. The predicted octanol–water partition coefficient (Wildman–Crippen LogP) is 5.49. The Balaban J connectivity index is 2.40. The van der Waals surface area contributed by atoms with Crippen LogP contribution in [0, 0.1) is 0 Å². The summed E-state index contributed by atoms with van der Waals surface area (Å²) >= 11 is 0. The monoisotopic (exact) mass is 326 g/mol. The van der Waals surface area contributed by atoms with Crippen molar-refractivity contribution in [3.8, 4) is 16.9 Å². The molecule has 0 saturated heterocycles. The molecule has 2 rings (SSSR count). The van der Waals surface area contributed by atoms with Gasteiger partial charge in [-0.3, -0.25) is 0 Å². The zero-order valence-electron chi connectivity index (χ0n) is 15.0. The molecule has 128 valence electrons. The quantitative estimate of drug-likeness (QED) is 0.631. The number of ether oxygens (including phenoxy) is 2. The van der Waals surface area contributed by atoms with E-state index < -0.39 is 5.60 Å². The Hall–Kier alpha value is -2.29. The van der Waals surface area contributed by atoms with Gasteiger partial charge in [0.15, 0.2) is 0 Å². The molecule has 24 heavy (non-hydrogen) atoms. The summed E-state index contributed by atoms with van der Waals surface area (Å²) in [5.41, 5.74) is 1.83. The van der Waals surface area contributed by atoms with E-state index >= 15 is 0 Å². The summed E-state index contributed by atoms with van der Waals surface area (Å²) in [6.45, 7) is 8.51. The van der Waals surface area contributed by atoms with Crippen LogP contribution in [0.15, 0.2) is 48.5 Å². The van der Waals surface area contributed by atoms with E-state index in [4.69, 9.17) is 9.47 Å². The molecule has 0 bridgehead atoms. The summed E-state index contributed by atoms with van der Waals surface area (Å²) in [5, 5.41) is 0. The van der Waals surface area contributed by atoms with Gasteiger partial charge in [0.2, 0.25) is 0 Å². The number of rotatable bonds is 7. The lowest BCUT2D eigenvalue weighted by atomic mass is 9.98. The van der Waals surface area contributed by atoms with E-state index in [9.17, 15) is 4.79 Å². The van der Waals surface area contributed by atoms with Gasteiger partial charge in [-0.25, -0.2) is 4.79 Å². The van der Waals surface area contributed by atoms with E-state index in [0.717, 1.165) is 29.7 Å². The third-order valence-electron chi connectivity index (χ3n) is 3.85. The fourth-order valence-electron chi connectivity index (χ4n) is 2.83. The highest BCUT2D eigenvalue weighted by Gasteiger charge is 2.24. The van der Waals surface area contributed by atoms with Gasteiger partial charge in [0, 0.05) is 5.56 Å². The first-order chi connectivity index (χ1) is 11.5. The summed E-state index contributed by atoms with van der Waals surface area (Å²) in [7, 11) is 0. The third kappa shape index (κ3) is 4.38. The lowest BCUT2D eigenvalue weighted by Gasteiger charge is -2.25. The minimum atomic E-state index is -0.474. The van der Waals surface area contributed by atoms with Crippen molar-refractivity contribution in [3.63, 3.8) is 0 Å². The van der Waals surface area contributed by atoms with E-state index in [0.29, 0.717) is 12.2 Å². The largest absolute Gasteiger partial charge is 0.493 e. The highest BCUT2D eigenvalue weighted by molar-refractivity contribution is 5.98. The molecule has 0 aliphatic rings. The molecule has 3 heteroatoms. The molecule has 0 heterocycles. The topological polar surface area (TPSA) is 35.5 Å². The SMILES string of the molecule is CCCC(C)(C)OC(=O)c1ccccc1-c1ccccc1OCC. The fourth-order valence-corrected chi connectivity index (χ4v) is 2.83. The Bertz CT molecular complexity index is 689. The van der Waals surface area contributed by atoms with Crippen molar-refractivity contribution in [2.75, 3.05) is 6.61 Å². The first kappa shape index (κ1) is 18.1. The molecule has 2 aromatic carbocycles. The average molecular weight is 326 g/mol. The van der Waals surface area contributed by atoms with E-state index in [1.807, 2.05) is 69.3 Å². The van der Waals surface area contributed by atoms with E-state index in [2.05, 4.69) is 6.92 Å². The Kier molecular flexibility index (Phi) is 6.02. The number of carbonyl (C=O) groups excluding carboxylic acids is 1. The number of para-hydroxylation sites is 1. The lowest BCUT2D eigenvalue weighted by Crippen LogP contribution is -2.28. The molecule has 0 spiro atoms. The normalized spacial score (nSPS) is 11.2. The summed E-state index contributed by atoms with van der Waals surface area (Å²) in [4.78, 5) is 12.7. The Morgan fingerprint density at radius 1 is 0.958 bits per heavy atom. The molecule has 0 atom stereocenters. The van der Waals surface area contributed by atoms with Crippen molar-refractivity contribution in [1.82, 2.24) is 0 Å². The van der Waals surface area contributed by atoms with Crippen LogP contribution in [0.25, 0.3) is 11.1 Å². The minimum Gasteiger partial charge on any atom is -0.493 e. The van der Waals surface area contributed by atoms with E-state index in [1.165, 1.54) is 0 Å². The van der Waals surface area contributed by atoms with Gasteiger partial charge < -0.3 is 9.47 Å². The standard InChI is InChI=1S/C21H26O3/c1-5-15-21(3,4)24-20(22)18-13-8-7-11-16(18)17-12-9-10-14-19(17)23-6-2/h7-14H,5-6,15H2,1-4H3. The zero-order chi connectivity index (χ0) is 17.6. The molecule has 0 radical (unpaired) electrons. The molecule has 2 aromatic rings. The van der Waals surface area contributed by atoms with Gasteiger partial charge >= 0.3 is 5.97 Å². The van der Waals surface area contributed by atoms with Gasteiger partial charge in [0.25, 0.3) is 0 Å². The van der Waals surface area contributed by atoms with Crippen molar-refractivity contribution in [3.05, 3.63) is 54.1 Å². The first-order valence-corrected chi connectivity index (χ1v) is 8.53. The lowest BCUT2D eigenvalue weighted by molar-refractivity contribution is -0.00463. The zero-order valence-corrected chi connectivity index (χ0v) is 15.0. The van der Waals surface area contributed by atoms with Crippen molar-refractivity contribution in [2.45, 2.75) is 46.1 Å². The molecule has 0 aromatic heterocycles. The molecule has 0 N–H and O–H groups in total. The Labute approximate surface area is 144 Å². The van der Waals surface area contributed by atoms with Crippen LogP contribution in [0.4, 0.5) is 0 Å². The van der Waals surface area contributed by atoms with Gasteiger partial charge in [0.05, 0.1) is 12.2 Å². The number of hydrogen-bond acceptors (Lipinski definition) is 3. The predicted molar refractivity (Wildman–Crippen MR) is 97.4 cm³/mol. The molecule has 0 aliphatic heterocycles. The smallest absolute Gasteiger partial charge is 0.339 e. The maximum absolute atomic E-state index is 12.7. The number of esters is 1. The van der Waals surface area contributed by atoms with Gasteiger partial charge in [-0.2, -0.15) is 0 Å². The van der Waals surface area contributed by atoms with E-state index in [-0.39, 0.29) is 5.97 Å². The van der Waals surface area contributed by atoms with Crippen LogP contribution >= 0.6 is 0 Å². The van der Waals surface area contributed by atoms with Gasteiger partial charge in [-0.1, -0.05) is 49.7 Å². The maximum Gasteiger partial charge on any atom is 0.339 e. The molecule has 3 nitrogen and oxygen atoms in total. The summed E-state index contributed by atoms with van der Waals surface area (Å²) in [6, 6.07) is 15.3. The number of carbonyl (C=O) groups is 1. The fraction of sp³-hybridized carbons (Fsp3) is 0.381. The molecule has 0 aliphatic carbocycles. The van der Waals surface area contributed by atoms with Crippen LogP contribution in [-0.4, -0.2) is 18.2 Å². The highest BCUT2D eigenvalue weighted by atomic mass is 16.6. The van der Waals surface area contributed by atoms with E-state index in [1.54, 1.807) is 0 Å². The first-order valence-electron chi connectivity index (χ1n) is 8.53. The Morgan fingerprint density at radius 2 is 1.58 bits per heavy atom. The molecule has 0 saturated carbocycles. The van der Waals surface area contributed by atoms with Crippen molar-refractivity contribution < 1.29 is 14.3 Å². The second-order valence-corrected chi connectivity index (χ2v) is 6.37. The van der Waals surface area contributed by atoms with Crippen LogP contribution in [0.5, 0.6) is 5.75 Å². The summed E-state index contributed by atoms with van der Waals surface area (Å²) < 4.78 is 11.5. The Morgan fingerprint density at radius 3 is 2.25 bits per heavy atom. The second-order valence-electron chi connectivity index (χ2n) is 6.37. The molecule has 0 amide bonds. The van der Waals surface area contributed by atoms with Gasteiger partial charge in [0.1, 0.15) is 11.4 Å². The molecule has 0 fully saturated rings. The van der Waals surface area contributed by atoms with Crippen LogP contribution in [0.3, 0.4) is 0 Å². The average Bonchev–Trinajstić information content (AvgIpc) is 2.55. The van der Waals surface area contributed by atoms with Crippen molar-refractivity contribution >= 4 is 5.97 Å². The van der Waals surface area contributed by atoms with Crippen LogP contribution < -0.4 is 4.74 Å². The minimum absolute atomic E-state index is 0.296. The van der Waals surface area contributed by atoms with Crippen LogP contribution in [-0.2, 0) is 4.74 Å². The maximum atomic E-state index is 12.7. The van der Waals surface area contributed by atoms with Gasteiger partial charge in [-0.05, 0) is 44.9 Å². The van der Waals surface area contributed by atoms with Gasteiger partial charge in [-0.15, -0.1) is 0 Å². The molecular weight excluding hydrogens is 300 g/mol. The van der Waals surface area contributed by atoms with Crippen LogP contribution in [0.2, 0.25) is 0 Å². The number of hydrogen-bond donors (Lipinski definition) is 0. The molecular formula is C21H26O3. The highest BCUT2D eigenvalue weighted by Crippen LogP contribution is 2.33. The second kappa shape index (κ2) is 8.00. The summed E-state index contributed by atoms with van der Waals surface area (Å²) in [5.74, 6) is 0.475. The van der Waals surface area contributed by atoms with Crippen molar-refractivity contribution in [2.24, 2.45) is 0 Å². The van der Waals surface area contributed by atoms with Crippen molar-refractivity contribution in [1.29, 1.82) is 0 Å². The van der Waals surface area contributed by atoms with Crippen LogP contribution in [0.1, 0.15) is 50.9 Å². The number of benzene rings is 2. The summed E-state index contributed by atoms with van der Waals surface area (Å²) in [6.07, 6.45) is 1.80. The third-order valence-corrected chi connectivity index (χ3v) is 3.85.